The van der Waals surface area contributed by atoms with Gasteiger partial charge in [-0.15, -0.1) is 0 Å². The molecule has 2 heterocycles. The van der Waals surface area contributed by atoms with Gasteiger partial charge in [-0.2, -0.15) is 18.2 Å². The van der Waals surface area contributed by atoms with E-state index >= 15 is 0 Å². The zero-order valence-electron chi connectivity index (χ0n) is 14.6. The maximum Gasteiger partial charge on any atom is 0.418 e. The third kappa shape index (κ3) is 4.31. The molecule has 0 aliphatic carbocycles. The lowest BCUT2D eigenvalue weighted by Gasteiger charge is -2.27. The van der Waals surface area contributed by atoms with Crippen molar-refractivity contribution >= 4 is 38.4 Å². The smallest absolute Gasteiger partial charge is 0.315 e. The predicted molar refractivity (Wildman–Crippen MR) is 99.7 cm³/mol. The quantitative estimate of drug-likeness (QED) is 0.746. The molecule has 0 aromatic heterocycles. The Labute approximate surface area is 159 Å². The molecule has 2 atom stereocenters. The van der Waals surface area contributed by atoms with Crippen molar-refractivity contribution in [1.29, 1.82) is 0 Å². The fourth-order valence-corrected chi connectivity index (χ4v) is 7.18. The highest BCUT2D eigenvalue weighted by Gasteiger charge is 2.51. The number of anilines is 1. The van der Waals surface area contributed by atoms with Crippen molar-refractivity contribution in [3.05, 3.63) is 29.8 Å². The Balaban J connectivity index is 2.05. The molecule has 2 aliphatic heterocycles. The summed E-state index contributed by atoms with van der Waals surface area (Å²) in [6, 6.07) is 4.32. The number of carbonyl (C=O) groups excluding carboxylic acids is 1. The van der Waals surface area contributed by atoms with Crippen LogP contribution in [0.25, 0.3) is 0 Å². The number of benzene rings is 1. The van der Waals surface area contributed by atoms with E-state index < -0.39 is 38.8 Å². The van der Waals surface area contributed by atoms with Crippen LogP contribution in [0.4, 0.5) is 18.9 Å². The zero-order chi connectivity index (χ0) is 19.8. The summed E-state index contributed by atoms with van der Waals surface area (Å²) >= 11 is 1.08. The van der Waals surface area contributed by atoms with Crippen LogP contribution in [0.1, 0.15) is 31.7 Å². The molecule has 1 aromatic rings. The monoisotopic (exact) mass is 420 g/mol. The molecule has 1 amide bonds. The molecule has 148 valence electrons. The van der Waals surface area contributed by atoms with Crippen LogP contribution < -0.4 is 4.90 Å². The van der Waals surface area contributed by atoms with Gasteiger partial charge in [0.15, 0.2) is 15.0 Å². The number of amides is 1. The number of nitrogens with zero attached hydrogens (tertiary/aromatic N) is 2. The highest BCUT2D eigenvalue weighted by Crippen LogP contribution is 2.45. The molecule has 0 radical (unpaired) electrons. The molecular formula is C17H19F3N2O3S2. The van der Waals surface area contributed by atoms with Crippen molar-refractivity contribution in [2.75, 3.05) is 16.4 Å². The van der Waals surface area contributed by atoms with Crippen LogP contribution in [-0.4, -0.2) is 42.3 Å². The van der Waals surface area contributed by atoms with Gasteiger partial charge in [0.05, 0.1) is 28.8 Å². The lowest BCUT2D eigenvalue weighted by Crippen LogP contribution is -2.39. The molecule has 5 nitrogen and oxygen atoms in total. The number of hydrogen-bond donors (Lipinski definition) is 0. The van der Waals surface area contributed by atoms with E-state index in [1.54, 1.807) is 0 Å². The first-order valence-electron chi connectivity index (χ1n) is 8.56. The largest absolute Gasteiger partial charge is 0.418 e. The Bertz CT molecular complexity index is 868. The molecule has 3 rings (SSSR count). The summed E-state index contributed by atoms with van der Waals surface area (Å²) in [5.41, 5.74) is -1.03. The number of fused-ring (bicyclic) bond motifs is 1. The van der Waals surface area contributed by atoms with Crippen LogP contribution in [0, 0.1) is 0 Å². The number of aliphatic imine (C=N–C) groups is 1. The van der Waals surface area contributed by atoms with Crippen LogP contribution in [0.5, 0.6) is 0 Å². The van der Waals surface area contributed by atoms with Crippen LogP contribution in [0.3, 0.4) is 0 Å². The van der Waals surface area contributed by atoms with Crippen LogP contribution in [-0.2, 0) is 20.8 Å². The Morgan fingerprint density at radius 3 is 2.67 bits per heavy atom. The van der Waals surface area contributed by atoms with E-state index in [2.05, 4.69) is 4.99 Å². The zero-order valence-corrected chi connectivity index (χ0v) is 16.2. The van der Waals surface area contributed by atoms with Crippen LogP contribution >= 0.6 is 11.8 Å². The molecule has 2 aliphatic rings. The molecule has 10 heteroatoms. The first-order chi connectivity index (χ1) is 12.6. The topological polar surface area (TPSA) is 66.8 Å². The first-order valence-corrected chi connectivity index (χ1v) is 11.3. The van der Waals surface area contributed by atoms with Gasteiger partial charge in [-0.25, -0.2) is 8.42 Å². The first kappa shape index (κ1) is 20.2. The molecule has 2 saturated heterocycles. The Morgan fingerprint density at radius 2 is 2.00 bits per heavy atom. The number of thioether (sulfide) groups is 1. The number of unbranched alkanes of at least 4 members (excludes halogenated alkanes) is 1. The van der Waals surface area contributed by atoms with Gasteiger partial charge >= 0.3 is 6.18 Å². The van der Waals surface area contributed by atoms with Crippen molar-refractivity contribution in [3.63, 3.8) is 0 Å². The summed E-state index contributed by atoms with van der Waals surface area (Å²) in [6.07, 6.45) is -2.95. The van der Waals surface area contributed by atoms with Crippen molar-refractivity contribution in [2.45, 2.75) is 43.7 Å². The van der Waals surface area contributed by atoms with Gasteiger partial charge in [0.1, 0.15) is 0 Å². The fraction of sp³-hybridized carbons (Fsp3) is 0.529. The predicted octanol–water partition coefficient (Wildman–Crippen LogP) is 3.50. The average Bonchev–Trinajstić information content (AvgIpc) is 3.02. The number of rotatable bonds is 4. The summed E-state index contributed by atoms with van der Waals surface area (Å²) in [7, 11) is -3.34. The third-order valence-corrected chi connectivity index (χ3v) is 7.71. The Hall–Kier alpha value is -1.55. The number of carbonyl (C=O) groups is 1. The molecule has 0 spiro atoms. The summed E-state index contributed by atoms with van der Waals surface area (Å²) < 4.78 is 64.5. The van der Waals surface area contributed by atoms with E-state index in [0.717, 1.165) is 24.2 Å². The van der Waals surface area contributed by atoms with E-state index in [-0.39, 0.29) is 28.8 Å². The molecule has 0 saturated carbocycles. The maximum atomic E-state index is 13.5. The molecule has 0 N–H and O–H groups in total. The van der Waals surface area contributed by atoms with Crippen molar-refractivity contribution in [2.24, 2.45) is 4.99 Å². The van der Waals surface area contributed by atoms with E-state index in [0.29, 0.717) is 6.42 Å². The normalized spacial score (nSPS) is 25.8. The van der Waals surface area contributed by atoms with Crippen molar-refractivity contribution in [1.82, 2.24) is 0 Å². The highest BCUT2D eigenvalue weighted by molar-refractivity contribution is 8.16. The van der Waals surface area contributed by atoms with Gasteiger partial charge in [-0.3, -0.25) is 4.79 Å². The molecule has 1 aromatic carbocycles. The Kier molecular flexibility index (Phi) is 5.58. The number of para-hydroxylation sites is 1. The van der Waals surface area contributed by atoms with E-state index in [4.69, 9.17) is 0 Å². The van der Waals surface area contributed by atoms with Crippen molar-refractivity contribution < 1.29 is 26.4 Å². The second-order valence-electron chi connectivity index (χ2n) is 6.58. The summed E-state index contributed by atoms with van der Waals surface area (Å²) in [5.74, 6) is -0.787. The number of sulfone groups is 1. The van der Waals surface area contributed by atoms with Gasteiger partial charge in [0.2, 0.25) is 5.91 Å². The third-order valence-electron chi connectivity index (χ3n) is 4.50. The summed E-state index contributed by atoms with van der Waals surface area (Å²) in [4.78, 5) is 17.4. The number of hydrogen-bond acceptors (Lipinski definition) is 4. The molecule has 2 fully saturated rings. The standard InChI is InChI=1S/C17H19F3N2O3S2/c1-2-3-8-15(23)21-16-22(13-9-27(24,25)10-14(13)26-16)12-7-5-4-6-11(12)17(18,19)20/h4-7,13-14H,2-3,8-10H2,1H3/t13-,14-/m0/s1. The van der Waals surface area contributed by atoms with Gasteiger partial charge in [0.25, 0.3) is 0 Å². The SMILES string of the molecule is CCCCC(=O)N=C1S[C@H]2CS(=O)(=O)C[C@@H]2N1c1ccccc1C(F)(F)F. The minimum Gasteiger partial charge on any atom is -0.315 e. The van der Waals surface area contributed by atoms with Crippen molar-refractivity contribution in [3.8, 4) is 0 Å². The minimum absolute atomic E-state index is 0.130. The lowest BCUT2D eigenvalue weighted by atomic mass is 10.1. The average molecular weight is 420 g/mol. The number of amidine groups is 1. The van der Waals surface area contributed by atoms with Gasteiger partial charge in [-0.1, -0.05) is 37.2 Å². The second kappa shape index (κ2) is 7.46. The number of alkyl halides is 3. The van der Waals surface area contributed by atoms with Gasteiger partial charge < -0.3 is 4.90 Å². The second-order valence-corrected chi connectivity index (χ2v) is 9.94. The summed E-state index contributed by atoms with van der Waals surface area (Å²) in [5, 5.41) is -0.285. The van der Waals surface area contributed by atoms with E-state index in [9.17, 15) is 26.4 Å². The molecular weight excluding hydrogens is 401 g/mol. The van der Waals surface area contributed by atoms with Gasteiger partial charge in [-0.05, 0) is 18.6 Å². The fourth-order valence-electron chi connectivity index (χ4n) is 3.26. The minimum atomic E-state index is -4.60. The van der Waals surface area contributed by atoms with Crippen LogP contribution in [0.15, 0.2) is 29.3 Å². The molecule has 0 unspecified atom stereocenters. The summed E-state index contributed by atoms with van der Waals surface area (Å²) in [6.45, 7) is 1.92. The highest BCUT2D eigenvalue weighted by atomic mass is 32.2. The van der Waals surface area contributed by atoms with E-state index in [1.165, 1.54) is 23.1 Å². The molecule has 0 bridgehead atoms. The van der Waals surface area contributed by atoms with E-state index in [1.807, 2.05) is 6.92 Å². The van der Waals surface area contributed by atoms with Crippen LogP contribution in [0.2, 0.25) is 0 Å². The number of halogens is 3. The molecule has 27 heavy (non-hydrogen) atoms. The van der Waals surface area contributed by atoms with Gasteiger partial charge in [0, 0.05) is 11.7 Å². The lowest BCUT2D eigenvalue weighted by molar-refractivity contribution is -0.137. The Morgan fingerprint density at radius 1 is 1.30 bits per heavy atom. The maximum absolute atomic E-state index is 13.5.